The largest absolute Gasteiger partial charge is 0.265 e. The van der Waals surface area contributed by atoms with Crippen LogP contribution in [0.1, 0.15) is 5.56 Å². The molecular formula is C20H16N4O2S. The molecule has 0 saturated carbocycles. The minimum atomic E-state index is -3.74. The first-order valence-electron chi connectivity index (χ1n) is 8.33. The van der Waals surface area contributed by atoms with Gasteiger partial charge in [-0.15, -0.1) is 0 Å². The van der Waals surface area contributed by atoms with Crippen LogP contribution in [0.4, 0.5) is 0 Å². The van der Waals surface area contributed by atoms with Crippen LogP contribution in [-0.2, 0) is 16.6 Å². The van der Waals surface area contributed by atoms with E-state index in [0.717, 1.165) is 22.2 Å². The molecule has 0 aliphatic rings. The Bertz CT molecular complexity index is 1190. The maximum atomic E-state index is 12.9. The average molecular weight is 376 g/mol. The molecule has 6 nitrogen and oxygen atoms in total. The third-order valence-corrected chi connectivity index (χ3v) is 5.62. The molecule has 0 aliphatic carbocycles. The Labute approximate surface area is 157 Å². The van der Waals surface area contributed by atoms with Gasteiger partial charge in [0, 0.05) is 42.3 Å². The van der Waals surface area contributed by atoms with E-state index in [1.165, 1.54) is 0 Å². The minimum absolute atomic E-state index is 0.122. The van der Waals surface area contributed by atoms with E-state index in [0.29, 0.717) is 5.52 Å². The van der Waals surface area contributed by atoms with Crippen LogP contribution in [0, 0.1) is 0 Å². The molecule has 7 heteroatoms. The Kier molecular flexibility index (Phi) is 4.62. The van der Waals surface area contributed by atoms with Gasteiger partial charge < -0.3 is 0 Å². The maximum Gasteiger partial charge on any atom is 0.243 e. The lowest BCUT2D eigenvalue weighted by Crippen LogP contribution is -2.24. The van der Waals surface area contributed by atoms with Crippen molar-refractivity contribution in [2.24, 2.45) is 0 Å². The molecule has 0 amide bonds. The lowest BCUT2D eigenvalue weighted by atomic mass is 10.1. The van der Waals surface area contributed by atoms with Crippen molar-refractivity contribution < 1.29 is 8.42 Å². The van der Waals surface area contributed by atoms with E-state index in [9.17, 15) is 8.42 Å². The number of nitrogens with zero attached hydrogens (tertiary/aromatic N) is 3. The van der Waals surface area contributed by atoms with Crippen LogP contribution in [0.3, 0.4) is 0 Å². The molecule has 0 bridgehead atoms. The molecule has 0 unspecified atom stereocenters. The van der Waals surface area contributed by atoms with Crippen molar-refractivity contribution in [1.29, 1.82) is 0 Å². The number of hydrogen-bond donors (Lipinski definition) is 1. The number of fused-ring (bicyclic) bond motifs is 1. The summed E-state index contributed by atoms with van der Waals surface area (Å²) in [5.74, 6) is 0. The highest BCUT2D eigenvalue weighted by atomic mass is 32.2. The summed E-state index contributed by atoms with van der Waals surface area (Å²) in [5, 5.41) is 0.777. The zero-order chi connectivity index (χ0) is 18.7. The Morgan fingerprint density at radius 3 is 2.41 bits per heavy atom. The molecule has 27 heavy (non-hydrogen) atoms. The van der Waals surface area contributed by atoms with Gasteiger partial charge in [-0.1, -0.05) is 24.3 Å². The van der Waals surface area contributed by atoms with E-state index in [-0.39, 0.29) is 11.4 Å². The second-order valence-corrected chi connectivity index (χ2v) is 7.64. The Morgan fingerprint density at radius 2 is 1.56 bits per heavy atom. The van der Waals surface area contributed by atoms with Crippen molar-refractivity contribution in [2.45, 2.75) is 11.4 Å². The molecule has 0 fully saturated rings. The molecule has 3 aromatic heterocycles. The highest BCUT2D eigenvalue weighted by Gasteiger charge is 2.18. The minimum Gasteiger partial charge on any atom is -0.265 e. The number of para-hydroxylation sites is 1. The first kappa shape index (κ1) is 17.3. The normalized spacial score (nSPS) is 11.6. The highest BCUT2D eigenvalue weighted by molar-refractivity contribution is 7.89. The quantitative estimate of drug-likeness (QED) is 0.578. The van der Waals surface area contributed by atoms with Crippen molar-refractivity contribution in [3.05, 3.63) is 84.9 Å². The van der Waals surface area contributed by atoms with Gasteiger partial charge >= 0.3 is 0 Å². The zero-order valence-corrected chi connectivity index (χ0v) is 15.1. The van der Waals surface area contributed by atoms with Crippen molar-refractivity contribution in [2.75, 3.05) is 0 Å². The number of rotatable bonds is 5. The van der Waals surface area contributed by atoms with Crippen LogP contribution < -0.4 is 4.72 Å². The summed E-state index contributed by atoms with van der Waals surface area (Å²) in [6.07, 6.45) is 6.63. The number of aromatic nitrogens is 3. The van der Waals surface area contributed by atoms with Crippen LogP contribution in [0.2, 0.25) is 0 Å². The predicted octanol–water partition coefficient (Wildman–Crippen LogP) is 3.17. The number of sulfonamides is 1. The van der Waals surface area contributed by atoms with Crippen LogP contribution in [0.15, 0.2) is 84.3 Å². The Morgan fingerprint density at radius 1 is 0.815 bits per heavy atom. The number of pyridine rings is 3. The first-order chi connectivity index (χ1) is 13.1. The highest BCUT2D eigenvalue weighted by Crippen LogP contribution is 2.23. The molecule has 134 valence electrons. The molecule has 4 aromatic rings. The fraction of sp³-hybridized carbons (Fsp3) is 0.0500. The SMILES string of the molecule is O=S(=O)(NCc1cccnc1-c1ccncc1)c1cccc2cccnc12. The molecule has 4 rings (SSSR count). The van der Waals surface area contributed by atoms with Gasteiger partial charge in [0.25, 0.3) is 0 Å². The second-order valence-electron chi connectivity index (χ2n) is 5.90. The Balaban J connectivity index is 1.66. The molecule has 0 radical (unpaired) electrons. The van der Waals surface area contributed by atoms with Crippen molar-refractivity contribution >= 4 is 20.9 Å². The van der Waals surface area contributed by atoms with E-state index in [1.54, 1.807) is 49.1 Å². The third kappa shape index (κ3) is 3.55. The number of hydrogen-bond acceptors (Lipinski definition) is 5. The molecule has 0 saturated heterocycles. The van der Waals surface area contributed by atoms with Gasteiger partial charge in [-0.25, -0.2) is 13.1 Å². The average Bonchev–Trinajstić information content (AvgIpc) is 2.73. The number of nitrogens with one attached hydrogen (secondary N) is 1. The van der Waals surface area contributed by atoms with Gasteiger partial charge in [0.1, 0.15) is 4.90 Å². The third-order valence-electron chi connectivity index (χ3n) is 4.18. The summed E-state index contributed by atoms with van der Waals surface area (Å²) < 4.78 is 28.4. The second kappa shape index (κ2) is 7.22. The summed E-state index contributed by atoms with van der Waals surface area (Å²) in [6.45, 7) is 0.122. The molecule has 0 atom stereocenters. The summed E-state index contributed by atoms with van der Waals surface area (Å²) in [4.78, 5) is 12.8. The van der Waals surface area contributed by atoms with Crippen LogP contribution in [0.5, 0.6) is 0 Å². The van der Waals surface area contributed by atoms with Crippen LogP contribution in [0.25, 0.3) is 22.2 Å². The topological polar surface area (TPSA) is 84.8 Å². The van der Waals surface area contributed by atoms with E-state index in [1.807, 2.05) is 30.3 Å². The molecule has 3 heterocycles. The van der Waals surface area contributed by atoms with Crippen LogP contribution >= 0.6 is 0 Å². The molecule has 1 aromatic carbocycles. The molecule has 0 aliphatic heterocycles. The summed E-state index contributed by atoms with van der Waals surface area (Å²) in [7, 11) is -3.74. The lowest BCUT2D eigenvalue weighted by Gasteiger charge is -2.11. The summed E-state index contributed by atoms with van der Waals surface area (Å²) in [6, 6.07) is 16.1. The van der Waals surface area contributed by atoms with Gasteiger partial charge in [-0.05, 0) is 35.9 Å². The standard InChI is InChI=1S/C20H16N4O2S/c25-27(26,18-7-1-4-15-5-2-11-23-20(15)18)24-14-17-6-3-10-22-19(17)16-8-12-21-13-9-16/h1-13,24H,14H2. The molecular weight excluding hydrogens is 360 g/mol. The monoisotopic (exact) mass is 376 g/mol. The summed E-state index contributed by atoms with van der Waals surface area (Å²) in [5.41, 5.74) is 2.83. The van der Waals surface area contributed by atoms with Crippen molar-refractivity contribution in [3.63, 3.8) is 0 Å². The Hall–Kier alpha value is -3.16. The van der Waals surface area contributed by atoms with Gasteiger partial charge in [0.05, 0.1) is 11.2 Å². The predicted molar refractivity (Wildman–Crippen MR) is 103 cm³/mol. The van der Waals surface area contributed by atoms with Crippen LogP contribution in [-0.4, -0.2) is 23.4 Å². The van der Waals surface area contributed by atoms with E-state index in [2.05, 4.69) is 19.7 Å². The van der Waals surface area contributed by atoms with Gasteiger partial charge in [0.2, 0.25) is 10.0 Å². The zero-order valence-electron chi connectivity index (χ0n) is 14.3. The molecule has 0 spiro atoms. The maximum absolute atomic E-state index is 12.9. The van der Waals surface area contributed by atoms with Crippen molar-refractivity contribution in [1.82, 2.24) is 19.7 Å². The number of benzene rings is 1. The van der Waals surface area contributed by atoms with E-state index < -0.39 is 10.0 Å². The smallest absolute Gasteiger partial charge is 0.243 e. The summed E-state index contributed by atoms with van der Waals surface area (Å²) >= 11 is 0. The first-order valence-corrected chi connectivity index (χ1v) is 9.81. The fourth-order valence-electron chi connectivity index (χ4n) is 2.89. The van der Waals surface area contributed by atoms with E-state index in [4.69, 9.17) is 0 Å². The van der Waals surface area contributed by atoms with E-state index >= 15 is 0 Å². The van der Waals surface area contributed by atoms with Gasteiger partial charge in [-0.2, -0.15) is 0 Å². The fourth-order valence-corrected chi connectivity index (χ4v) is 4.08. The lowest BCUT2D eigenvalue weighted by molar-refractivity contribution is 0.582. The van der Waals surface area contributed by atoms with Gasteiger partial charge in [-0.3, -0.25) is 15.0 Å². The van der Waals surface area contributed by atoms with Gasteiger partial charge in [0.15, 0.2) is 0 Å². The van der Waals surface area contributed by atoms with Crippen molar-refractivity contribution in [3.8, 4) is 11.3 Å². The molecule has 1 N–H and O–H groups in total.